The van der Waals surface area contributed by atoms with E-state index in [1.807, 2.05) is 6.07 Å². The van der Waals surface area contributed by atoms with Gasteiger partial charge in [0.15, 0.2) is 5.58 Å². The number of furan rings is 1. The monoisotopic (exact) mass is 509 g/mol. The molecule has 0 saturated carbocycles. The summed E-state index contributed by atoms with van der Waals surface area (Å²) in [6.07, 6.45) is -0.324. The summed E-state index contributed by atoms with van der Waals surface area (Å²) in [7, 11) is 1.39. The number of halogens is 3. The zero-order valence-corrected chi connectivity index (χ0v) is 19.8. The third kappa shape index (κ3) is 5.31. The molecule has 1 amide bonds. The highest BCUT2D eigenvalue weighted by Crippen LogP contribution is 2.34. The number of nitrogens with one attached hydrogen (secondary N) is 2. The maximum absolute atomic E-state index is 13.4. The van der Waals surface area contributed by atoms with E-state index in [2.05, 4.69) is 15.3 Å². The molecule has 0 aromatic carbocycles. The number of aliphatic imine (C=N–C) groups is 1. The number of carbonyl (C=O) groups excluding carboxylic acids is 1. The number of alkyl halides is 3. The molecule has 4 heterocycles. The molecule has 0 spiro atoms. The largest absolute Gasteiger partial charge is 0.438 e. The molecule has 2 aromatic rings. The summed E-state index contributed by atoms with van der Waals surface area (Å²) in [5.74, 6) is -2.09. The molecule has 10 nitrogen and oxygen atoms in total. The second-order valence-electron chi connectivity index (χ2n) is 9.18. The summed E-state index contributed by atoms with van der Waals surface area (Å²) in [6, 6.07) is -0.0235. The van der Waals surface area contributed by atoms with Crippen molar-refractivity contribution in [2.45, 2.75) is 43.4 Å². The van der Waals surface area contributed by atoms with Gasteiger partial charge in [-0.25, -0.2) is 0 Å². The third-order valence-corrected chi connectivity index (χ3v) is 6.73. The number of aromatic nitrogens is 1. The van der Waals surface area contributed by atoms with Crippen LogP contribution in [0.5, 0.6) is 0 Å². The topological polar surface area (TPSA) is 156 Å². The van der Waals surface area contributed by atoms with Crippen LogP contribution in [0.4, 0.5) is 19.1 Å². The minimum Gasteiger partial charge on any atom is -0.438 e. The number of carbonyl (C=O) groups is 1. The Morgan fingerprint density at radius 3 is 2.72 bits per heavy atom. The van der Waals surface area contributed by atoms with Crippen molar-refractivity contribution in [2.24, 2.45) is 16.6 Å². The maximum Gasteiger partial charge on any atom is 0.393 e. The molecular weight excluding hydrogens is 479 g/mol. The first-order valence-corrected chi connectivity index (χ1v) is 11.7. The van der Waals surface area contributed by atoms with Gasteiger partial charge in [0.25, 0.3) is 5.91 Å². The molecule has 196 valence electrons. The van der Waals surface area contributed by atoms with Crippen LogP contribution in [0, 0.1) is 11.3 Å². The first kappa shape index (κ1) is 25.9. The van der Waals surface area contributed by atoms with Gasteiger partial charge in [0.1, 0.15) is 23.0 Å². The Hall–Kier alpha value is -3.19. The molecule has 13 heteroatoms. The maximum atomic E-state index is 13.4. The Kier molecular flexibility index (Phi) is 7.50. The van der Waals surface area contributed by atoms with E-state index in [-0.39, 0.29) is 48.2 Å². The third-order valence-electron chi connectivity index (χ3n) is 6.73. The van der Waals surface area contributed by atoms with Crippen molar-refractivity contribution in [1.29, 1.82) is 5.41 Å². The highest BCUT2D eigenvalue weighted by molar-refractivity contribution is 6.12. The summed E-state index contributed by atoms with van der Waals surface area (Å²) < 4.78 is 51.2. The molecule has 36 heavy (non-hydrogen) atoms. The first-order chi connectivity index (χ1) is 17.1. The number of pyridine rings is 1. The molecule has 0 bridgehead atoms. The van der Waals surface area contributed by atoms with E-state index in [0.717, 1.165) is 24.6 Å². The fourth-order valence-corrected chi connectivity index (χ4v) is 4.92. The van der Waals surface area contributed by atoms with Gasteiger partial charge in [0.2, 0.25) is 5.88 Å². The summed E-state index contributed by atoms with van der Waals surface area (Å²) in [5.41, 5.74) is 13.5. The zero-order chi connectivity index (χ0) is 26.0. The average Bonchev–Trinajstić information content (AvgIpc) is 3.18. The van der Waals surface area contributed by atoms with E-state index in [1.165, 1.54) is 11.9 Å². The highest BCUT2D eigenvalue weighted by Gasteiger charge is 2.45. The lowest BCUT2D eigenvalue weighted by molar-refractivity contribution is -0.184. The quantitative estimate of drug-likeness (QED) is 0.356. The van der Waals surface area contributed by atoms with Gasteiger partial charge in [-0.05, 0) is 36.8 Å². The van der Waals surface area contributed by atoms with Gasteiger partial charge in [0, 0.05) is 51.8 Å². The van der Waals surface area contributed by atoms with E-state index in [4.69, 9.17) is 26.0 Å². The number of amidine groups is 1. The van der Waals surface area contributed by atoms with Gasteiger partial charge in [-0.1, -0.05) is 0 Å². The normalized spacial score (nSPS) is 23.0. The van der Waals surface area contributed by atoms with Gasteiger partial charge in [-0.15, -0.1) is 0 Å². The Morgan fingerprint density at radius 2 is 2.08 bits per heavy atom. The van der Waals surface area contributed by atoms with E-state index in [1.54, 1.807) is 6.20 Å². The molecule has 3 unspecified atom stereocenters. The number of hydrogen-bond donors (Lipinski definition) is 4. The number of fused-ring (bicyclic) bond motifs is 1. The van der Waals surface area contributed by atoms with Crippen LogP contribution in [-0.2, 0) is 4.74 Å². The van der Waals surface area contributed by atoms with Crippen molar-refractivity contribution in [3.63, 3.8) is 0 Å². The van der Waals surface area contributed by atoms with E-state index >= 15 is 0 Å². The van der Waals surface area contributed by atoms with Crippen molar-refractivity contribution >= 4 is 34.9 Å². The Morgan fingerprint density at radius 1 is 1.36 bits per heavy atom. The number of amides is 1. The summed E-state index contributed by atoms with van der Waals surface area (Å²) in [5, 5.41) is 10.5. The number of ether oxygens (including phenoxy) is 1. The van der Waals surface area contributed by atoms with Crippen LogP contribution in [-0.4, -0.2) is 79.5 Å². The zero-order valence-electron chi connectivity index (χ0n) is 19.8. The summed E-state index contributed by atoms with van der Waals surface area (Å²) in [4.78, 5) is 23.1. The first-order valence-electron chi connectivity index (χ1n) is 11.7. The number of piperidine rings is 1. The molecule has 0 aliphatic carbocycles. The second kappa shape index (κ2) is 10.4. The van der Waals surface area contributed by atoms with Crippen molar-refractivity contribution in [3.8, 4) is 0 Å². The number of hydrogen-bond acceptors (Lipinski definition) is 8. The van der Waals surface area contributed by atoms with Gasteiger partial charge in [-0.2, -0.15) is 13.2 Å². The van der Waals surface area contributed by atoms with E-state index < -0.39 is 30.1 Å². The molecular formula is C23H30F3N7O3. The van der Waals surface area contributed by atoms with Crippen molar-refractivity contribution in [1.82, 2.24) is 15.2 Å². The minimum absolute atomic E-state index is 0.00524. The van der Waals surface area contributed by atoms with Gasteiger partial charge in [0.05, 0.1) is 5.92 Å². The SMILES string of the molecule is CN=C(C(C=N)NC(=O)c1c(N)oc2cc(C3CCOCC3)cnc12)N1CC(N)CC(C(F)(F)F)C1. The van der Waals surface area contributed by atoms with Crippen LogP contribution < -0.4 is 16.8 Å². The lowest BCUT2D eigenvalue weighted by Crippen LogP contribution is -2.57. The standard InChI is InChI=1S/C23H30F3N7O3/c1-30-21(33-10-14(23(24,25)26)7-15(28)11-33)16(8-27)32-22(34)18-19-17(36-20(18)29)6-13(9-31-19)12-2-4-35-5-3-12/h6,8-9,12,14-16,27H,2-5,7,10-11,28-29H2,1H3,(H,32,34). The van der Waals surface area contributed by atoms with Crippen LogP contribution in [0.15, 0.2) is 21.7 Å². The van der Waals surface area contributed by atoms with Gasteiger partial charge >= 0.3 is 6.18 Å². The minimum atomic E-state index is -4.42. The molecule has 2 aliphatic heterocycles. The van der Waals surface area contributed by atoms with Crippen LogP contribution in [0.2, 0.25) is 0 Å². The predicted molar refractivity (Wildman–Crippen MR) is 128 cm³/mol. The Bertz CT molecular complexity index is 1140. The molecule has 2 aliphatic rings. The van der Waals surface area contributed by atoms with Crippen LogP contribution >= 0.6 is 0 Å². The summed E-state index contributed by atoms with van der Waals surface area (Å²) in [6.45, 7) is 1.08. The Balaban J connectivity index is 1.55. The Labute approximate surface area is 205 Å². The van der Waals surface area contributed by atoms with E-state index in [0.29, 0.717) is 18.8 Å². The summed E-state index contributed by atoms with van der Waals surface area (Å²) >= 11 is 0. The number of likely N-dealkylation sites (tertiary alicyclic amines) is 1. The number of anilines is 1. The second-order valence-corrected chi connectivity index (χ2v) is 9.18. The van der Waals surface area contributed by atoms with E-state index in [9.17, 15) is 18.0 Å². The van der Waals surface area contributed by atoms with Crippen LogP contribution in [0.3, 0.4) is 0 Å². The molecule has 3 atom stereocenters. The molecule has 2 saturated heterocycles. The molecule has 2 fully saturated rings. The number of nitrogens with zero attached hydrogens (tertiary/aromatic N) is 3. The lowest BCUT2D eigenvalue weighted by Gasteiger charge is -2.40. The van der Waals surface area contributed by atoms with Gasteiger partial charge in [-0.3, -0.25) is 14.8 Å². The average molecular weight is 510 g/mol. The van der Waals surface area contributed by atoms with Crippen molar-refractivity contribution in [2.75, 3.05) is 39.1 Å². The van der Waals surface area contributed by atoms with Crippen molar-refractivity contribution < 1.29 is 27.1 Å². The fraction of sp³-hybridized carbons (Fsp3) is 0.565. The van der Waals surface area contributed by atoms with Crippen LogP contribution in [0.25, 0.3) is 11.1 Å². The van der Waals surface area contributed by atoms with Crippen molar-refractivity contribution in [3.05, 3.63) is 23.4 Å². The number of rotatable bonds is 5. The fourth-order valence-electron chi connectivity index (χ4n) is 4.92. The highest BCUT2D eigenvalue weighted by atomic mass is 19.4. The molecule has 2 aromatic heterocycles. The molecule has 0 radical (unpaired) electrons. The lowest BCUT2D eigenvalue weighted by atomic mass is 9.93. The number of nitrogen functional groups attached to an aromatic ring is 1. The smallest absolute Gasteiger partial charge is 0.393 e. The van der Waals surface area contributed by atoms with Gasteiger partial charge < -0.3 is 36.2 Å². The number of nitrogens with two attached hydrogens (primary N) is 2. The molecule has 4 rings (SSSR count). The predicted octanol–water partition coefficient (Wildman–Crippen LogP) is 2.29. The molecule has 6 N–H and O–H groups in total. The van der Waals surface area contributed by atoms with Crippen LogP contribution in [0.1, 0.15) is 41.1 Å².